The number of thioether (sulfide) groups is 1. The fourth-order valence-electron chi connectivity index (χ4n) is 3.47. The molecule has 0 radical (unpaired) electrons. The third kappa shape index (κ3) is 4.58. The molecule has 1 aliphatic rings. The second-order valence-electron chi connectivity index (χ2n) is 7.08. The summed E-state index contributed by atoms with van der Waals surface area (Å²) in [6, 6.07) is 9.04. The number of nitro benzene ring substituents is 1. The molecule has 1 aliphatic heterocycles. The van der Waals surface area contributed by atoms with Crippen LogP contribution in [0.15, 0.2) is 60.0 Å². The van der Waals surface area contributed by atoms with Gasteiger partial charge in [-0.15, -0.1) is 10.2 Å². The van der Waals surface area contributed by atoms with Crippen molar-refractivity contribution in [1.29, 1.82) is 0 Å². The van der Waals surface area contributed by atoms with Crippen molar-refractivity contribution in [3.05, 3.63) is 76.1 Å². The Morgan fingerprint density at radius 2 is 2.13 bits per heavy atom. The first kappa shape index (κ1) is 20.2. The topological polar surface area (TPSA) is 90.0 Å². The Balaban J connectivity index is 1.29. The highest BCUT2D eigenvalue weighted by atomic mass is 32.2. The predicted molar refractivity (Wildman–Crippen MR) is 116 cm³/mol. The van der Waals surface area contributed by atoms with E-state index >= 15 is 0 Å². The minimum atomic E-state index is -0.331. The molecule has 3 heterocycles. The molecule has 0 spiro atoms. The smallest absolute Gasteiger partial charge is 0.269 e. The van der Waals surface area contributed by atoms with Crippen molar-refractivity contribution < 1.29 is 4.92 Å². The quantitative estimate of drug-likeness (QED) is 0.249. The summed E-state index contributed by atoms with van der Waals surface area (Å²) in [5.74, 6) is 1.60. The molecule has 4 rings (SSSR count). The summed E-state index contributed by atoms with van der Waals surface area (Å²) in [5, 5.41) is 20.4. The van der Waals surface area contributed by atoms with Crippen LogP contribution in [0.2, 0.25) is 0 Å². The van der Waals surface area contributed by atoms with Gasteiger partial charge in [0.2, 0.25) is 0 Å². The van der Waals surface area contributed by atoms with E-state index in [-0.39, 0.29) is 10.6 Å². The lowest BCUT2D eigenvalue weighted by Crippen LogP contribution is -2.30. The number of rotatable bonds is 7. The highest BCUT2D eigenvalue weighted by Crippen LogP contribution is 2.24. The molecular formula is C21H22N6O2S. The predicted octanol–water partition coefficient (Wildman–Crippen LogP) is 3.49. The van der Waals surface area contributed by atoms with Crippen LogP contribution in [0.25, 0.3) is 11.4 Å². The monoisotopic (exact) mass is 422 g/mol. The molecule has 0 N–H and O–H groups in total. The van der Waals surface area contributed by atoms with Crippen LogP contribution in [0.3, 0.4) is 0 Å². The molecule has 0 bridgehead atoms. The van der Waals surface area contributed by atoms with Gasteiger partial charge in [0.15, 0.2) is 11.0 Å². The van der Waals surface area contributed by atoms with Crippen molar-refractivity contribution in [3.63, 3.8) is 0 Å². The minimum absolute atomic E-state index is 0.164. The molecule has 0 aliphatic carbocycles. The van der Waals surface area contributed by atoms with Gasteiger partial charge in [-0.3, -0.25) is 20.0 Å². The first-order valence-electron chi connectivity index (χ1n) is 9.68. The number of aromatic nitrogens is 4. The highest BCUT2D eigenvalue weighted by Gasteiger charge is 2.18. The van der Waals surface area contributed by atoms with E-state index in [1.54, 1.807) is 36.3 Å². The zero-order valence-electron chi connectivity index (χ0n) is 16.6. The van der Waals surface area contributed by atoms with Crippen LogP contribution in [-0.2, 0) is 20.0 Å². The molecular weight excluding hydrogens is 400 g/mol. The molecule has 0 saturated heterocycles. The van der Waals surface area contributed by atoms with Crippen molar-refractivity contribution in [2.45, 2.75) is 18.1 Å². The van der Waals surface area contributed by atoms with Crippen LogP contribution in [0, 0.1) is 10.1 Å². The number of nitro groups is 1. The highest BCUT2D eigenvalue weighted by molar-refractivity contribution is 7.99. The summed E-state index contributed by atoms with van der Waals surface area (Å²) in [4.78, 5) is 17.1. The van der Waals surface area contributed by atoms with E-state index in [0.717, 1.165) is 53.9 Å². The molecule has 154 valence electrons. The summed E-state index contributed by atoms with van der Waals surface area (Å²) >= 11 is 1.63. The summed E-state index contributed by atoms with van der Waals surface area (Å²) in [7, 11) is 1.96. The van der Waals surface area contributed by atoms with E-state index in [1.165, 1.54) is 5.56 Å². The lowest BCUT2D eigenvalue weighted by atomic mass is 9.99. The van der Waals surface area contributed by atoms with Crippen LogP contribution in [0.4, 0.5) is 5.69 Å². The average molecular weight is 423 g/mol. The molecule has 0 unspecified atom stereocenters. The molecule has 0 amide bonds. The molecule has 0 fully saturated rings. The van der Waals surface area contributed by atoms with Crippen molar-refractivity contribution in [2.24, 2.45) is 7.05 Å². The van der Waals surface area contributed by atoms with E-state index in [1.807, 2.05) is 29.8 Å². The third-order valence-corrected chi connectivity index (χ3v) is 6.06. The largest absolute Gasteiger partial charge is 0.305 e. The Hall–Kier alpha value is -3.04. The van der Waals surface area contributed by atoms with Gasteiger partial charge >= 0.3 is 0 Å². The number of fused-ring (bicyclic) bond motifs is 1. The Morgan fingerprint density at radius 1 is 1.23 bits per heavy atom. The Bertz CT molecular complexity index is 1070. The second-order valence-corrected chi connectivity index (χ2v) is 8.07. The number of nitrogens with zero attached hydrogens (tertiary/aromatic N) is 6. The first-order valence-corrected chi connectivity index (χ1v) is 10.7. The standard InChI is InChI=1S/C21H22N6O2S/c1-25-20(17-5-4-9-22-14-17)23-24-21(25)30-12-3-2-10-26-11-8-16-6-7-19(27(28)29)13-18(16)15-26/h2-7,9,13-14H,8,10-12,15H2,1H3/b3-2+. The van der Waals surface area contributed by atoms with E-state index in [4.69, 9.17) is 0 Å². The van der Waals surface area contributed by atoms with Gasteiger partial charge in [0, 0.05) is 62.5 Å². The summed E-state index contributed by atoms with van der Waals surface area (Å²) in [5.41, 5.74) is 3.38. The fraction of sp³-hybridized carbons (Fsp3) is 0.286. The normalized spacial score (nSPS) is 14.2. The number of non-ortho nitro benzene ring substituents is 1. The summed E-state index contributed by atoms with van der Waals surface area (Å²) in [6.07, 6.45) is 8.72. The molecule has 8 nitrogen and oxygen atoms in total. The van der Waals surface area contributed by atoms with Crippen LogP contribution in [0.5, 0.6) is 0 Å². The maximum absolute atomic E-state index is 11.0. The van der Waals surface area contributed by atoms with Crippen molar-refractivity contribution in [1.82, 2.24) is 24.6 Å². The van der Waals surface area contributed by atoms with Crippen LogP contribution < -0.4 is 0 Å². The Labute approximate surface area is 178 Å². The van der Waals surface area contributed by atoms with Crippen molar-refractivity contribution in [2.75, 3.05) is 18.8 Å². The van der Waals surface area contributed by atoms with Gasteiger partial charge in [0.05, 0.1) is 4.92 Å². The maximum Gasteiger partial charge on any atom is 0.269 e. The van der Waals surface area contributed by atoms with Crippen molar-refractivity contribution in [3.8, 4) is 11.4 Å². The maximum atomic E-state index is 11.0. The number of pyridine rings is 1. The zero-order valence-corrected chi connectivity index (χ0v) is 17.5. The molecule has 2 aromatic heterocycles. The molecule has 9 heteroatoms. The second kappa shape index (κ2) is 9.19. The summed E-state index contributed by atoms with van der Waals surface area (Å²) < 4.78 is 1.98. The van der Waals surface area contributed by atoms with Gasteiger partial charge in [-0.05, 0) is 29.7 Å². The van der Waals surface area contributed by atoms with E-state index in [9.17, 15) is 10.1 Å². The van der Waals surface area contributed by atoms with Gasteiger partial charge < -0.3 is 4.57 Å². The third-order valence-electron chi connectivity index (χ3n) is 5.09. The lowest BCUT2D eigenvalue weighted by Gasteiger charge is -2.27. The van der Waals surface area contributed by atoms with Crippen LogP contribution >= 0.6 is 11.8 Å². The lowest BCUT2D eigenvalue weighted by molar-refractivity contribution is -0.385. The van der Waals surface area contributed by atoms with Gasteiger partial charge in [0.25, 0.3) is 5.69 Å². The zero-order chi connectivity index (χ0) is 20.9. The van der Waals surface area contributed by atoms with E-state index in [0.29, 0.717) is 0 Å². The molecule has 1 aromatic carbocycles. The number of hydrogen-bond acceptors (Lipinski definition) is 7. The van der Waals surface area contributed by atoms with Gasteiger partial charge in [0.1, 0.15) is 0 Å². The fourth-order valence-corrected chi connectivity index (χ4v) is 4.23. The summed E-state index contributed by atoms with van der Waals surface area (Å²) in [6.45, 7) is 2.52. The van der Waals surface area contributed by atoms with E-state index in [2.05, 4.69) is 32.2 Å². The Morgan fingerprint density at radius 3 is 2.93 bits per heavy atom. The number of benzene rings is 1. The minimum Gasteiger partial charge on any atom is -0.305 e. The first-order chi connectivity index (χ1) is 14.6. The van der Waals surface area contributed by atoms with Gasteiger partial charge in [-0.2, -0.15) is 0 Å². The molecule has 0 atom stereocenters. The molecule has 30 heavy (non-hydrogen) atoms. The van der Waals surface area contributed by atoms with E-state index < -0.39 is 0 Å². The van der Waals surface area contributed by atoms with Gasteiger partial charge in [-0.1, -0.05) is 30.0 Å². The van der Waals surface area contributed by atoms with Crippen molar-refractivity contribution >= 4 is 17.4 Å². The molecule has 0 saturated carbocycles. The number of hydrogen-bond donors (Lipinski definition) is 0. The van der Waals surface area contributed by atoms with Gasteiger partial charge in [-0.25, -0.2) is 0 Å². The molecule has 3 aromatic rings. The Kier molecular flexibility index (Phi) is 6.20. The average Bonchev–Trinajstić information content (AvgIpc) is 3.13. The van der Waals surface area contributed by atoms with Crippen LogP contribution in [-0.4, -0.2) is 48.4 Å². The SMILES string of the molecule is Cn1c(SC/C=C/CN2CCc3ccc([N+](=O)[O-])cc3C2)nnc1-c1cccnc1. The van der Waals surface area contributed by atoms with Crippen LogP contribution in [0.1, 0.15) is 11.1 Å².